The van der Waals surface area contributed by atoms with Crippen LogP contribution in [0, 0.1) is 0 Å². The molecular formula is C23H32N12O4. The third-order valence-electron chi connectivity index (χ3n) is 5.52. The fourth-order valence-corrected chi connectivity index (χ4v) is 3.58. The van der Waals surface area contributed by atoms with Gasteiger partial charge in [0, 0.05) is 0 Å². The van der Waals surface area contributed by atoms with E-state index in [2.05, 4.69) is 30.1 Å². The fourth-order valence-electron chi connectivity index (χ4n) is 3.58. The van der Waals surface area contributed by atoms with E-state index < -0.39 is 0 Å². The number of anilines is 4. The molecule has 0 bridgehead atoms. The van der Waals surface area contributed by atoms with Crippen LogP contribution >= 0.6 is 0 Å². The van der Waals surface area contributed by atoms with E-state index in [-0.39, 0.29) is 47.1 Å². The van der Waals surface area contributed by atoms with Gasteiger partial charge in [-0.05, 0) is 33.6 Å². The first-order valence-corrected chi connectivity index (χ1v) is 12.1. The molecule has 1 unspecified atom stereocenters. The van der Waals surface area contributed by atoms with E-state index in [4.69, 9.17) is 41.9 Å². The number of aromatic nitrogens is 8. The van der Waals surface area contributed by atoms with Gasteiger partial charge < -0.3 is 41.9 Å². The Morgan fingerprint density at radius 1 is 0.795 bits per heavy atom. The van der Waals surface area contributed by atoms with Crippen molar-refractivity contribution in [1.29, 1.82) is 0 Å². The lowest BCUT2D eigenvalue weighted by Crippen LogP contribution is -2.11. The summed E-state index contributed by atoms with van der Waals surface area (Å²) in [7, 11) is 1.53. The maximum atomic E-state index is 5.91. The quantitative estimate of drug-likeness (QED) is 0.189. The number of nitrogens with two attached hydrogens (primary N) is 4. The van der Waals surface area contributed by atoms with E-state index in [0.29, 0.717) is 43.0 Å². The number of rotatable bonds is 12. The van der Waals surface area contributed by atoms with Gasteiger partial charge in [0.2, 0.25) is 35.4 Å². The van der Waals surface area contributed by atoms with E-state index in [9.17, 15) is 0 Å². The van der Waals surface area contributed by atoms with Crippen molar-refractivity contribution in [2.45, 2.75) is 45.7 Å². The average molecular weight is 541 g/mol. The van der Waals surface area contributed by atoms with Crippen molar-refractivity contribution in [3.8, 4) is 35.0 Å². The zero-order valence-electron chi connectivity index (χ0n) is 22.1. The second-order valence-corrected chi connectivity index (χ2v) is 8.83. The molecule has 0 amide bonds. The topological polar surface area (TPSA) is 228 Å². The normalized spacial score (nSPS) is 11.9. The largest absolute Gasteiger partial charge is 0.480 e. The maximum Gasteiger partial charge on any atom is 0.236 e. The molecule has 0 spiro atoms. The van der Waals surface area contributed by atoms with Crippen molar-refractivity contribution in [2.24, 2.45) is 0 Å². The summed E-state index contributed by atoms with van der Waals surface area (Å²) in [6.45, 7) is 6.34. The third-order valence-corrected chi connectivity index (χ3v) is 5.52. The zero-order valence-corrected chi connectivity index (χ0v) is 22.1. The molecule has 0 aliphatic carbocycles. The molecule has 4 rings (SSSR count). The third kappa shape index (κ3) is 6.46. The monoisotopic (exact) mass is 540 g/mol. The average Bonchev–Trinajstić information content (AvgIpc) is 3.49. The molecule has 208 valence electrons. The molecule has 16 heteroatoms. The Kier molecular flexibility index (Phi) is 8.02. The van der Waals surface area contributed by atoms with E-state index in [1.807, 2.05) is 20.8 Å². The SMILES string of the molecule is COc1cc(Oc2cnc(N)nc2N)n(C(C)CCCOc2cc(Oc3cnc(N)nc3N)n(C(C)C)n2)n1. The molecule has 4 aromatic heterocycles. The molecule has 4 heterocycles. The highest BCUT2D eigenvalue weighted by Crippen LogP contribution is 2.33. The minimum Gasteiger partial charge on any atom is -0.480 e. The molecule has 0 aromatic carbocycles. The Bertz CT molecular complexity index is 1420. The summed E-state index contributed by atoms with van der Waals surface area (Å²) in [6, 6.07) is 3.27. The summed E-state index contributed by atoms with van der Waals surface area (Å²) in [6.07, 6.45) is 4.22. The van der Waals surface area contributed by atoms with Crippen molar-refractivity contribution in [3.63, 3.8) is 0 Å². The summed E-state index contributed by atoms with van der Waals surface area (Å²) in [4.78, 5) is 15.7. The number of hydrogen-bond donors (Lipinski definition) is 4. The molecule has 0 aliphatic rings. The molecule has 39 heavy (non-hydrogen) atoms. The first kappa shape index (κ1) is 27.0. The Hall–Kier alpha value is -5.02. The number of nitrogens with zero attached hydrogens (tertiary/aromatic N) is 8. The van der Waals surface area contributed by atoms with E-state index >= 15 is 0 Å². The van der Waals surface area contributed by atoms with Gasteiger partial charge >= 0.3 is 0 Å². The highest BCUT2D eigenvalue weighted by atomic mass is 16.5. The van der Waals surface area contributed by atoms with Crippen molar-refractivity contribution in [2.75, 3.05) is 36.7 Å². The van der Waals surface area contributed by atoms with Crippen LogP contribution in [0.2, 0.25) is 0 Å². The van der Waals surface area contributed by atoms with Crippen molar-refractivity contribution in [1.82, 2.24) is 39.5 Å². The molecule has 16 nitrogen and oxygen atoms in total. The Morgan fingerprint density at radius 2 is 1.33 bits per heavy atom. The predicted molar refractivity (Wildman–Crippen MR) is 143 cm³/mol. The number of nitrogen functional groups attached to an aromatic ring is 4. The van der Waals surface area contributed by atoms with Gasteiger partial charge in [-0.3, -0.25) is 0 Å². The van der Waals surface area contributed by atoms with Gasteiger partial charge in [0.15, 0.2) is 23.1 Å². The van der Waals surface area contributed by atoms with Gasteiger partial charge in [-0.2, -0.15) is 9.97 Å². The summed E-state index contributed by atoms with van der Waals surface area (Å²) >= 11 is 0. The second-order valence-electron chi connectivity index (χ2n) is 8.83. The van der Waals surface area contributed by atoms with Gasteiger partial charge in [-0.1, -0.05) is 0 Å². The summed E-state index contributed by atoms with van der Waals surface area (Å²) in [5.74, 6) is 2.54. The first-order valence-electron chi connectivity index (χ1n) is 12.1. The van der Waals surface area contributed by atoms with E-state index in [1.165, 1.54) is 19.5 Å². The van der Waals surface area contributed by atoms with E-state index in [1.54, 1.807) is 21.5 Å². The van der Waals surface area contributed by atoms with Crippen molar-refractivity contribution >= 4 is 23.5 Å². The van der Waals surface area contributed by atoms with Crippen LogP contribution in [0.5, 0.6) is 35.0 Å². The highest BCUT2D eigenvalue weighted by Gasteiger charge is 2.19. The van der Waals surface area contributed by atoms with Crippen molar-refractivity contribution in [3.05, 3.63) is 24.5 Å². The Labute approximate surface area is 224 Å². The van der Waals surface area contributed by atoms with Gasteiger partial charge in [-0.25, -0.2) is 19.3 Å². The van der Waals surface area contributed by atoms with Crippen LogP contribution in [0.1, 0.15) is 45.7 Å². The lowest BCUT2D eigenvalue weighted by atomic mass is 10.2. The second kappa shape index (κ2) is 11.6. The van der Waals surface area contributed by atoms with Crippen LogP contribution in [-0.4, -0.2) is 53.2 Å². The molecule has 4 aromatic rings. The summed E-state index contributed by atoms with van der Waals surface area (Å²) in [5.41, 5.74) is 22.9. The van der Waals surface area contributed by atoms with Gasteiger partial charge in [0.05, 0.1) is 50.3 Å². The maximum absolute atomic E-state index is 5.91. The molecule has 0 saturated carbocycles. The van der Waals surface area contributed by atoms with Crippen LogP contribution in [0.3, 0.4) is 0 Å². The summed E-state index contributed by atoms with van der Waals surface area (Å²) < 4.78 is 26.4. The first-order chi connectivity index (χ1) is 18.6. The van der Waals surface area contributed by atoms with Crippen LogP contribution in [0.4, 0.5) is 23.5 Å². The van der Waals surface area contributed by atoms with Gasteiger partial charge in [-0.15, -0.1) is 10.2 Å². The lowest BCUT2D eigenvalue weighted by Gasteiger charge is -2.16. The minimum atomic E-state index is -0.0657. The fraction of sp³-hybridized carbons (Fsp3) is 0.391. The molecule has 0 saturated heterocycles. The zero-order chi connectivity index (χ0) is 28.1. The van der Waals surface area contributed by atoms with Crippen LogP contribution < -0.4 is 41.9 Å². The Morgan fingerprint density at radius 3 is 1.87 bits per heavy atom. The van der Waals surface area contributed by atoms with Crippen LogP contribution in [-0.2, 0) is 0 Å². The van der Waals surface area contributed by atoms with Crippen LogP contribution in [0.25, 0.3) is 0 Å². The standard InChI is InChI=1S/C23H32N12O4/c1-12(2)34-18(38-14-10-28-22(26)30-20(14)24)9-17(33-34)37-7-5-6-13(3)35-19(8-16(32-35)36-4)39-15-11-29-23(27)31-21(15)25/h8-13H,5-7H2,1-4H3,(H4,24,26,28,30)(H4,25,27,29,31). The molecule has 8 N–H and O–H groups in total. The molecule has 0 radical (unpaired) electrons. The van der Waals surface area contributed by atoms with Gasteiger partial charge in [0.1, 0.15) is 0 Å². The van der Waals surface area contributed by atoms with E-state index in [0.717, 1.165) is 0 Å². The number of hydrogen-bond acceptors (Lipinski definition) is 14. The Balaban J connectivity index is 1.38. The lowest BCUT2D eigenvalue weighted by molar-refractivity contribution is 0.271. The molecule has 0 aliphatic heterocycles. The smallest absolute Gasteiger partial charge is 0.236 e. The molecule has 0 fully saturated rings. The predicted octanol–water partition coefficient (Wildman–Crippen LogP) is 2.58. The summed E-state index contributed by atoms with van der Waals surface area (Å²) in [5, 5.41) is 8.95. The van der Waals surface area contributed by atoms with Crippen molar-refractivity contribution < 1.29 is 18.9 Å². The molecule has 1 atom stereocenters. The van der Waals surface area contributed by atoms with Crippen LogP contribution in [0.15, 0.2) is 24.5 Å². The van der Waals surface area contributed by atoms with Gasteiger partial charge in [0.25, 0.3) is 0 Å². The highest BCUT2D eigenvalue weighted by molar-refractivity contribution is 5.49. The molecular weight excluding hydrogens is 508 g/mol. The number of methoxy groups -OCH3 is 1. The number of ether oxygens (including phenoxy) is 4. The minimum absolute atomic E-state index is 0.00186.